The van der Waals surface area contributed by atoms with Crippen molar-refractivity contribution in [3.05, 3.63) is 23.7 Å². The number of amides is 1. The van der Waals surface area contributed by atoms with Gasteiger partial charge in [0.05, 0.1) is 11.9 Å². The number of carbonyl (C=O) groups is 1. The second kappa shape index (κ2) is 5.97. The molecule has 1 aliphatic heterocycles. The molecule has 2 aliphatic rings. The van der Waals surface area contributed by atoms with Crippen molar-refractivity contribution in [1.29, 1.82) is 5.41 Å². The first-order valence-electron chi connectivity index (χ1n) is 6.48. The Bertz CT molecular complexity index is 440. The molecule has 2 fully saturated rings. The first kappa shape index (κ1) is 13.7. The van der Waals surface area contributed by atoms with E-state index < -0.39 is 0 Å². The third kappa shape index (κ3) is 3.20. The summed E-state index contributed by atoms with van der Waals surface area (Å²) in [7, 11) is 0. The van der Waals surface area contributed by atoms with Crippen LogP contribution in [-0.2, 0) is 4.79 Å². The van der Waals surface area contributed by atoms with Gasteiger partial charge in [-0.3, -0.25) is 4.79 Å². The Morgan fingerprint density at radius 2 is 2.32 bits per heavy atom. The summed E-state index contributed by atoms with van der Waals surface area (Å²) in [5.41, 5.74) is 6.49. The highest BCUT2D eigenvalue weighted by molar-refractivity contribution is 6.22. The maximum Gasteiger partial charge on any atom is 0.257 e. The van der Waals surface area contributed by atoms with Crippen molar-refractivity contribution in [2.75, 3.05) is 19.6 Å². The lowest BCUT2D eigenvalue weighted by molar-refractivity contribution is -0.127. The first-order valence-corrected chi connectivity index (χ1v) is 6.48. The Kier molecular flexibility index (Phi) is 4.31. The summed E-state index contributed by atoms with van der Waals surface area (Å²) in [6.07, 6.45) is 4.68. The van der Waals surface area contributed by atoms with Crippen LogP contribution in [0.3, 0.4) is 0 Å². The van der Waals surface area contributed by atoms with E-state index in [2.05, 4.69) is 5.32 Å². The van der Waals surface area contributed by atoms with Crippen LogP contribution in [-0.4, -0.2) is 42.2 Å². The van der Waals surface area contributed by atoms with Gasteiger partial charge in [0.25, 0.3) is 5.91 Å². The molecule has 1 saturated carbocycles. The number of piperidine rings is 1. The van der Waals surface area contributed by atoms with Crippen LogP contribution in [0.5, 0.6) is 0 Å². The first-order chi connectivity index (χ1) is 9.17. The van der Waals surface area contributed by atoms with Gasteiger partial charge in [-0.25, -0.2) is 4.39 Å². The average Bonchev–Trinajstić information content (AvgIpc) is 3.22. The smallest absolute Gasteiger partial charge is 0.257 e. The number of likely N-dealkylation sites (tertiary alicyclic amines) is 1. The molecule has 0 aromatic rings. The van der Waals surface area contributed by atoms with Gasteiger partial charge in [0.2, 0.25) is 0 Å². The van der Waals surface area contributed by atoms with Gasteiger partial charge in [-0.15, -0.1) is 0 Å². The lowest BCUT2D eigenvalue weighted by atomic mass is 10.0. The topological polar surface area (TPSA) is 82.2 Å². The molecule has 1 amide bonds. The van der Waals surface area contributed by atoms with Gasteiger partial charge in [-0.05, 0) is 18.4 Å². The van der Waals surface area contributed by atoms with Gasteiger partial charge in [0, 0.05) is 44.0 Å². The number of hydrogen-bond donors (Lipinski definition) is 3. The predicted octanol–water partition coefficient (Wildman–Crippen LogP) is 0.686. The molecule has 0 bridgehead atoms. The van der Waals surface area contributed by atoms with E-state index in [1.165, 1.54) is 6.20 Å². The molecule has 0 atom stereocenters. The van der Waals surface area contributed by atoms with E-state index in [-0.39, 0.29) is 19.0 Å². The molecular formula is C13H19FN4O. The molecule has 0 radical (unpaired) electrons. The number of rotatable bonds is 5. The standard InChI is InChI=1S/C13H19FN4O/c14-5-9(6-15)7-17-8-11-12(16)3-4-18(13(11)19)10-1-2-10/h5,8,10,16-17H,1-4,6-7,15H2/b9-5+,11-8+,16-12?. The van der Waals surface area contributed by atoms with Crippen molar-refractivity contribution in [2.24, 2.45) is 5.73 Å². The fraction of sp³-hybridized carbons (Fsp3) is 0.538. The highest BCUT2D eigenvalue weighted by Gasteiger charge is 2.37. The minimum Gasteiger partial charge on any atom is -0.386 e. The van der Waals surface area contributed by atoms with Crippen LogP contribution < -0.4 is 11.1 Å². The van der Waals surface area contributed by atoms with Crippen LogP contribution in [0.2, 0.25) is 0 Å². The van der Waals surface area contributed by atoms with Crippen molar-refractivity contribution in [2.45, 2.75) is 25.3 Å². The largest absolute Gasteiger partial charge is 0.386 e. The number of nitrogens with one attached hydrogen (secondary N) is 2. The lowest BCUT2D eigenvalue weighted by Gasteiger charge is -2.29. The molecule has 0 aromatic carbocycles. The fourth-order valence-corrected chi connectivity index (χ4v) is 2.08. The van der Waals surface area contributed by atoms with Crippen LogP contribution >= 0.6 is 0 Å². The van der Waals surface area contributed by atoms with E-state index in [4.69, 9.17) is 11.1 Å². The van der Waals surface area contributed by atoms with Gasteiger partial charge in [-0.1, -0.05) is 0 Å². The molecule has 1 saturated heterocycles. The SMILES string of the molecule is N=C1CCN(C2CC2)C(=O)/C1=C/NC/C(=C/F)CN. The van der Waals surface area contributed by atoms with E-state index in [9.17, 15) is 9.18 Å². The van der Waals surface area contributed by atoms with Crippen molar-refractivity contribution < 1.29 is 9.18 Å². The number of nitrogens with two attached hydrogens (primary N) is 1. The average molecular weight is 266 g/mol. The Morgan fingerprint density at radius 1 is 1.58 bits per heavy atom. The van der Waals surface area contributed by atoms with Crippen LogP contribution in [0.4, 0.5) is 4.39 Å². The summed E-state index contributed by atoms with van der Waals surface area (Å²) in [5.74, 6) is -0.0928. The second-order valence-electron chi connectivity index (χ2n) is 4.87. The van der Waals surface area contributed by atoms with Crippen LogP contribution in [0, 0.1) is 5.41 Å². The van der Waals surface area contributed by atoms with Gasteiger partial charge in [-0.2, -0.15) is 0 Å². The molecular weight excluding hydrogens is 247 g/mol. The highest BCUT2D eigenvalue weighted by Crippen LogP contribution is 2.30. The Balaban J connectivity index is 1.99. The third-order valence-electron chi connectivity index (χ3n) is 3.40. The zero-order valence-corrected chi connectivity index (χ0v) is 10.8. The molecule has 0 unspecified atom stereocenters. The van der Waals surface area contributed by atoms with E-state index in [1.807, 2.05) is 4.90 Å². The van der Waals surface area contributed by atoms with Gasteiger partial charge < -0.3 is 21.4 Å². The maximum atomic E-state index is 12.3. The molecule has 19 heavy (non-hydrogen) atoms. The monoisotopic (exact) mass is 266 g/mol. The Hall–Kier alpha value is -1.69. The summed E-state index contributed by atoms with van der Waals surface area (Å²) < 4.78 is 12.3. The van der Waals surface area contributed by atoms with Crippen LogP contribution in [0.1, 0.15) is 19.3 Å². The zero-order chi connectivity index (χ0) is 13.8. The predicted molar refractivity (Wildman–Crippen MR) is 71.4 cm³/mol. The summed E-state index contributed by atoms with van der Waals surface area (Å²) in [6.45, 7) is 1.02. The summed E-state index contributed by atoms with van der Waals surface area (Å²) in [6, 6.07) is 0.356. The highest BCUT2D eigenvalue weighted by atomic mass is 19.1. The molecule has 6 heteroatoms. The van der Waals surface area contributed by atoms with Crippen molar-refractivity contribution in [1.82, 2.24) is 10.2 Å². The number of hydrogen-bond acceptors (Lipinski definition) is 4. The Morgan fingerprint density at radius 3 is 2.89 bits per heavy atom. The quantitative estimate of drug-likeness (QED) is 0.640. The minimum absolute atomic E-state index is 0.0928. The molecule has 5 nitrogen and oxygen atoms in total. The van der Waals surface area contributed by atoms with Crippen LogP contribution in [0.25, 0.3) is 0 Å². The summed E-state index contributed by atoms with van der Waals surface area (Å²) in [4.78, 5) is 14.0. The Labute approximate surface area is 111 Å². The van der Waals surface area contributed by atoms with E-state index >= 15 is 0 Å². The van der Waals surface area contributed by atoms with Gasteiger partial charge in [0.1, 0.15) is 0 Å². The van der Waals surface area contributed by atoms with E-state index in [0.29, 0.717) is 42.2 Å². The lowest BCUT2D eigenvalue weighted by Crippen LogP contribution is -2.42. The number of carbonyl (C=O) groups excluding carboxylic acids is 1. The normalized spacial score (nSPS) is 23.2. The fourth-order valence-electron chi connectivity index (χ4n) is 2.08. The van der Waals surface area contributed by atoms with Gasteiger partial charge >= 0.3 is 0 Å². The van der Waals surface area contributed by atoms with Crippen molar-refractivity contribution in [3.63, 3.8) is 0 Å². The molecule has 2 rings (SSSR count). The minimum atomic E-state index is -0.0928. The molecule has 0 spiro atoms. The van der Waals surface area contributed by atoms with E-state index in [0.717, 1.165) is 12.8 Å². The number of nitrogens with zero attached hydrogens (tertiary/aromatic N) is 1. The summed E-state index contributed by atoms with van der Waals surface area (Å²) >= 11 is 0. The molecule has 104 valence electrons. The van der Waals surface area contributed by atoms with Crippen molar-refractivity contribution >= 4 is 11.6 Å². The van der Waals surface area contributed by atoms with E-state index in [1.54, 1.807) is 0 Å². The summed E-state index contributed by atoms with van der Waals surface area (Å²) in [5, 5.41) is 10.7. The third-order valence-corrected chi connectivity index (χ3v) is 3.40. The second-order valence-corrected chi connectivity index (χ2v) is 4.87. The maximum absolute atomic E-state index is 12.3. The van der Waals surface area contributed by atoms with Crippen molar-refractivity contribution in [3.8, 4) is 0 Å². The zero-order valence-electron chi connectivity index (χ0n) is 10.8. The molecule has 4 N–H and O–H groups in total. The number of halogens is 1. The molecule has 1 heterocycles. The van der Waals surface area contributed by atoms with Gasteiger partial charge in [0.15, 0.2) is 0 Å². The molecule has 1 aliphatic carbocycles. The molecule has 0 aromatic heterocycles. The van der Waals surface area contributed by atoms with Crippen LogP contribution in [0.15, 0.2) is 23.7 Å².